The molecular weight excluding hydrogens is 408 g/mol. The Morgan fingerprint density at radius 3 is 2.69 bits per heavy atom. The van der Waals surface area contributed by atoms with Crippen molar-refractivity contribution in [3.05, 3.63) is 40.2 Å². The first-order valence-electron chi connectivity index (χ1n) is 9.37. The van der Waals surface area contributed by atoms with Gasteiger partial charge in [0.25, 0.3) is 0 Å². The van der Waals surface area contributed by atoms with Gasteiger partial charge >= 0.3 is 0 Å². The topological polar surface area (TPSA) is 94.8 Å². The smallest absolute Gasteiger partial charge is 0.236 e. The van der Waals surface area contributed by atoms with Gasteiger partial charge in [0.05, 0.1) is 5.75 Å². The predicted molar refractivity (Wildman–Crippen MR) is 115 cm³/mol. The molecule has 0 saturated carbocycles. The Bertz CT molecular complexity index is 985. The zero-order chi connectivity index (χ0) is 20.8. The fraction of sp³-hybridized carbons (Fsp3) is 0.421. The highest BCUT2D eigenvalue weighted by Crippen LogP contribution is 2.21. The third-order valence-corrected chi connectivity index (χ3v) is 6.25. The molecule has 1 aromatic carbocycles. The summed E-state index contributed by atoms with van der Waals surface area (Å²) in [6.45, 7) is 9.16. The van der Waals surface area contributed by atoms with Crippen LogP contribution in [0.2, 0.25) is 0 Å². The van der Waals surface area contributed by atoms with Crippen molar-refractivity contribution in [3.8, 4) is 5.75 Å². The molecule has 2 aromatic heterocycles. The Balaban J connectivity index is 1.56. The molecule has 0 radical (unpaired) electrons. The van der Waals surface area contributed by atoms with Crippen molar-refractivity contribution in [2.45, 2.75) is 52.4 Å². The van der Waals surface area contributed by atoms with E-state index in [4.69, 9.17) is 4.74 Å². The van der Waals surface area contributed by atoms with Crippen molar-refractivity contribution in [2.75, 3.05) is 11.1 Å². The van der Waals surface area contributed by atoms with Gasteiger partial charge in [0.1, 0.15) is 17.4 Å². The van der Waals surface area contributed by atoms with Crippen LogP contribution in [0.25, 0.3) is 0 Å². The minimum Gasteiger partial charge on any atom is -0.486 e. The second-order valence-electron chi connectivity index (χ2n) is 6.37. The summed E-state index contributed by atoms with van der Waals surface area (Å²) in [4.78, 5) is 12.2. The maximum absolute atomic E-state index is 12.2. The second-order valence-corrected chi connectivity index (χ2v) is 8.37. The van der Waals surface area contributed by atoms with Crippen molar-refractivity contribution >= 4 is 34.1 Å². The van der Waals surface area contributed by atoms with Crippen molar-refractivity contribution in [1.82, 2.24) is 25.0 Å². The fourth-order valence-corrected chi connectivity index (χ4v) is 4.05. The SMILES string of the molecule is CCc1nnc(NC(=O)CSc2nnc(COc3ccc(C)c(C)c3)n2CC)s1. The summed E-state index contributed by atoms with van der Waals surface area (Å²) in [5, 5.41) is 21.3. The van der Waals surface area contributed by atoms with Gasteiger partial charge in [-0.15, -0.1) is 20.4 Å². The lowest BCUT2D eigenvalue weighted by Crippen LogP contribution is -2.14. The van der Waals surface area contributed by atoms with Gasteiger partial charge in [-0.2, -0.15) is 0 Å². The molecule has 0 unspecified atom stereocenters. The molecule has 154 valence electrons. The largest absolute Gasteiger partial charge is 0.486 e. The molecule has 0 aliphatic heterocycles. The highest BCUT2D eigenvalue weighted by atomic mass is 32.2. The van der Waals surface area contributed by atoms with Crippen LogP contribution in [0.4, 0.5) is 5.13 Å². The summed E-state index contributed by atoms with van der Waals surface area (Å²) in [5.41, 5.74) is 2.41. The van der Waals surface area contributed by atoms with Crippen LogP contribution in [-0.4, -0.2) is 36.6 Å². The van der Waals surface area contributed by atoms with E-state index >= 15 is 0 Å². The van der Waals surface area contributed by atoms with Crippen LogP contribution in [-0.2, 0) is 24.4 Å². The van der Waals surface area contributed by atoms with Crippen molar-refractivity contribution in [1.29, 1.82) is 0 Å². The molecule has 0 aliphatic rings. The monoisotopic (exact) mass is 432 g/mol. The molecule has 3 rings (SSSR count). The molecular formula is C19H24N6O2S2. The van der Waals surface area contributed by atoms with Crippen molar-refractivity contribution < 1.29 is 9.53 Å². The van der Waals surface area contributed by atoms with Gasteiger partial charge < -0.3 is 9.30 Å². The van der Waals surface area contributed by atoms with Gasteiger partial charge in [-0.05, 0) is 50.5 Å². The van der Waals surface area contributed by atoms with E-state index in [1.807, 2.05) is 36.6 Å². The highest BCUT2D eigenvalue weighted by molar-refractivity contribution is 7.99. The summed E-state index contributed by atoms with van der Waals surface area (Å²) in [7, 11) is 0. The number of rotatable bonds is 9. The molecule has 3 aromatic rings. The van der Waals surface area contributed by atoms with Crippen LogP contribution < -0.4 is 10.1 Å². The molecule has 10 heteroatoms. The number of hydrogen-bond donors (Lipinski definition) is 1. The number of benzene rings is 1. The number of carbonyl (C=O) groups excluding carboxylic acids is 1. The van der Waals surface area contributed by atoms with E-state index in [0.29, 0.717) is 23.4 Å². The standard InChI is InChI=1S/C19H24N6O2S2/c1-5-17-22-23-18(29-17)20-16(26)11-28-19-24-21-15(25(19)6-2)10-27-14-8-7-12(3)13(4)9-14/h7-9H,5-6,10-11H2,1-4H3,(H,20,23,26). The number of nitrogens with zero attached hydrogens (tertiary/aromatic N) is 5. The highest BCUT2D eigenvalue weighted by Gasteiger charge is 2.15. The lowest BCUT2D eigenvalue weighted by molar-refractivity contribution is -0.113. The predicted octanol–water partition coefficient (Wildman–Crippen LogP) is 3.64. The molecule has 2 heterocycles. The number of carbonyl (C=O) groups is 1. The minimum atomic E-state index is -0.146. The lowest BCUT2D eigenvalue weighted by Gasteiger charge is -2.10. The van der Waals surface area contributed by atoms with Gasteiger partial charge in [0.15, 0.2) is 11.0 Å². The zero-order valence-corrected chi connectivity index (χ0v) is 18.6. The number of thioether (sulfide) groups is 1. The summed E-state index contributed by atoms with van der Waals surface area (Å²) < 4.78 is 7.83. The normalized spacial score (nSPS) is 10.9. The quantitative estimate of drug-likeness (QED) is 0.516. The van der Waals surface area contributed by atoms with Crippen LogP contribution in [0.3, 0.4) is 0 Å². The fourth-order valence-electron chi connectivity index (χ4n) is 2.53. The third-order valence-electron chi connectivity index (χ3n) is 4.30. The molecule has 0 aliphatic carbocycles. The minimum absolute atomic E-state index is 0.146. The first kappa shape index (κ1) is 21.3. The maximum Gasteiger partial charge on any atom is 0.236 e. The van der Waals surface area contributed by atoms with E-state index in [0.717, 1.165) is 23.0 Å². The van der Waals surface area contributed by atoms with Crippen LogP contribution in [0.15, 0.2) is 23.4 Å². The van der Waals surface area contributed by atoms with Gasteiger partial charge in [-0.25, -0.2) is 0 Å². The van der Waals surface area contributed by atoms with E-state index in [-0.39, 0.29) is 11.7 Å². The Morgan fingerprint density at radius 2 is 2.00 bits per heavy atom. The molecule has 0 saturated heterocycles. The first-order chi connectivity index (χ1) is 14.0. The maximum atomic E-state index is 12.2. The van der Waals surface area contributed by atoms with E-state index in [9.17, 15) is 4.79 Å². The average molecular weight is 433 g/mol. The average Bonchev–Trinajstić information content (AvgIpc) is 3.33. The molecule has 1 amide bonds. The molecule has 0 atom stereocenters. The molecule has 0 fully saturated rings. The van der Waals surface area contributed by atoms with Crippen LogP contribution >= 0.6 is 23.1 Å². The molecule has 1 N–H and O–H groups in total. The van der Waals surface area contributed by atoms with E-state index in [2.05, 4.69) is 39.6 Å². The Hall–Kier alpha value is -2.46. The number of ether oxygens (including phenoxy) is 1. The summed E-state index contributed by atoms with van der Waals surface area (Å²) in [6.07, 6.45) is 0.800. The number of hydrogen-bond acceptors (Lipinski definition) is 8. The number of nitrogens with one attached hydrogen (secondary N) is 1. The van der Waals surface area contributed by atoms with E-state index < -0.39 is 0 Å². The lowest BCUT2D eigenvalue weighted by atomic mass is 10.1. The third kappa shape index (κ3) is 5.54. The van der Waals surface area contributed by atoms with Gasteiger partial charge in [-0.3, -0.25) is 10.1 Å². The van der Waals surface area contributed by atoms with Gasteiger partial charge in [0.2, 0.25) is 11.0 Å². The number of anilines is 1. The van der Waals surface area contributed by atoms with E-state index in [1.54, 1.807) is 0 Å². The molecule has 29 heavy (non-hydrogen) atoms. The number of aromatic nitrogens is 5. The number of aryl methyl sites for hydroxylation is 3. The summed E-state index contributed by atoms with van der Waals surface area (Å²) in [6, 6.07) is 6.00. The molecule has 0 spiro atoms. The van der Waals surface area contributed by atoms with Gasteiger partial charge in [-0.1, -0.05) is 36.1 Å². The Kier molecular flexibility index (Phi) is 7.21. The summed E-state index contributed by atoms with van der Waals surface area (Å²) in [5.74, 6) is 1.60. The summed E-state index contributed by atoms with van der Waals surface area (Å²) >= 11 is 2.72. The second kappa shape index (κ2) is 9.84. The van der Waals surface area contributed by atoms with Crippen molar-refractivity contribution in [3.63, 3.8) is 0 Å². The van der Waals surface area contributed by atoms with E-state index in [1.165, 1.54) is 34.2 Å². The first-order valence-corrected chi connectivity index (χ1v) is 11.2. The Morgan fingerprint density at radius 1 is 1.17 bits per heavy atom. The molecule has 8 nitrogen and oxygen atoms in total. The molecule has 0 bridgehead atoms. The number of amides is 1. The zero-order valence-electron chi connectivity index (χ0n) is 16.9. The van der Waals surface area contributed by atoms with Crippen molar-refractivity contribution in [2.24, 2.45) is 0 Å². The van der Waals surface area contributed by atoms with Gasteiger partial charge in [0, 0.05) is 6.54 Å². The van der Waals surface area contributed by atoms with Crippen LogP contribution in [0.1, 0.15) is 35.8 Å². The van der Waals surface area contributed by atoms with Crippen LogP contribution in [0, 0.1) is 13.8 Å². The van der Waals surface area contributed by atoms with Crippen LogP contribution in [0.5, 0.6) is 5.75 Å². The Labute approximate surface area is 178 Å².